The smallest absolute Gasteiger partial charge is 0.0991 e. The maximum Gasteiger partial charge on any atom is 0.0991 e. The van der Waals surface area contributed by atoms with Gasteiger partial charge in [-0.25, -0.2) is 0 Å². The molecule has 0 aliphatic carbocycles. The van der Waals surface area contributed by atoms with Crippen molar-refractivity contribution in [2.45, 2.75) is 18.9 Å². The quantitative estimate of drug-likeness (QED) is 0.733. The Kier molecular flexibility index (Phi) is 3.16. The molecule has 76 valence electrons. The predicted molar refractivity (Wildman–Crippen MR) is 59.2 cm³/mol. The van der Waals surface area contributed by atoms with Gasteiger partial charge in [-0.05, 0) is 30.5 Å². The second-order valence-electron chi connectivity index (χ2n) is 3.64. The summed E-state index contributed by atoms with van der Waals surface area (Å²) in [5.41, 5.74) is 1.81. The van der Waals surface area contributed by atoms with Crippen molar-refractivity contribution >= 4 is 6.08 Å². The van der Waals surface area contributed by atoms with E-state index in [2.05, 4.69) is 18.2 Å². The topological polar surface area (TPSA) is 33.0 Å². The van der Waals surface area contributed by atoms with Gasteiger partial charge in [-0.15, -0.1) is 0 Å². The summed E-state index contributed by atoms with van der Waals surface area (Å²) >= 11 is 0. The zero-order valence-corrected chi connectivity index (χ0v) is 8.52. The fraction of sp³-hybridized carbons (Fsp3) is 0.308. The summed E-state index contributed by atoms with van der Waals surface area (Å²) in [7, 11) is 0. The minimum atomic E-state index is 0.278. The highest BCUT2D eigenvalue weighted by Gasteiger charge is 2.10. The Labute approximate surface area is 89.8 Å². The van der Waals surface area contributed by atoms with E-state index in [0.29, 0.717) is 5.56 Å². The van der Waals surface area contributed by atoms with E-state index in [4.69, 9.17) is 10.00 Å². The van der Waals surface area contributed by atoms with E-state index in [-0.39, 0.29) is 6.10 Å². The van der Waals surface area contributed by atoms with Gasteiger partial charge >= 0.3 is 0 Å². The molecule has 1 fully saturated rings. The van der Waals surface area contributed by atoms with E-state index >= 15 is 0 Å². The van der Waals surface area contributed by atoms with Crippen molar-refractivity contribution in [1.82, 2.24) is 0 Å². The van der Waals surface area contributed by atoms with Crippen LogP contribution in [0.2, 0.25) is 0 Å². The molecule has 0 saturated carbocycles. The van der Waals surface area contributed by atoms with Crippen molar-refractivity contribution in [3.63, 3.8) is 0 Å². The Hall–Kier alpha value is -1.59. The lowest BCUT2D eigenvalue weighted by atomic mass is 10.1. The molecule has 1 atom stereocenters. The molecule has 2 nitrogen and oxygen atoms in total. The highest BCUT2D eigenvalue weighted by atomic mass is 16.5. The normalized spacial score (nSPS) is 20.6. The van der Waals surface area contributed by atoms with Gasteiger partial charge in [0.25, 0.3) is 0 Å². The van der Waals surface area contributed by atoms with Crippen LogP contribution >= 0.6 is 0 Å². The number of hydrogen-bond donors (Lipinski definition) is 0. The highest BCUT2D eigenvalue weighted by molar-refractivity contribution is 5.51. The third kappa shape index (κ3) is 2.68. The summed E-state index contributed by atoms with van der Waals surface area (Å²) in [6, 6.07) is 9.66. The van der Waals surface area contributed by atoms with Gasteiger partial charge in [-0.3, -0.25) is 0 Å². The molecule has 2 heteroatoms. The fourth-order valence-electron chi connectivity index (χ4n) is 1.64. The van der Waals surface area contributed by atoms with E-state index < -0.39 is 0 Å². The molecule has 1 saturated heterocycles. The molecule has 1 heterocycles. The van der Waals surface area contributed by atoms with Gasteiger partial charge in [0.05, 0.1) is 17.7 Å². The van der Waals surface area contributed by atoms with Gasteiger partial charge in [0.15, 0.2) is 0 Å². The SMILES string of the molecule is N#Cc1ccc(/C=C/C2CCCO2)cc1. The van der Waals surface area contributed by atoms with E-state index in [1.165, 1.54) is 0 Å². The average molecular weight is 199 g/mol. The summed E-state index contributed by atoms with van der Waals surface area (Å²) in [5.74, 6) is 0. The number of ether oxygens (including phenoxy) is 1. The molecular formula is C13H13NO. The maximum atomic E-state index is 8.64. The maximum absolute atomic E-state index is 8.64. The molecule has 0 bridgehead atoms. The Bertz CT molecular complexity index is 380. The largest absolute Gasteiger partial charge is 0.374 e. The van der Waals surface area contributed by atoms with Crippen LogP contribution < -0.4 is 0 Å². The van der Waals surface area contributed by atoms with Crippen LogP contribution in [-0.4, -0.2) is 12.7 Å². The van der Waals surface area contributed by atoms with Crippen LogP contribution in [0, 0.1) is 11.3 Å². The molecular weight excluding hydrogens is 186 g/mol. The summed E-state index contributed by atoms with van der Waals surface area (Å²) in [6.07, 6.45) is 6.70. The zero-order valence-electron chi connectivity index (χ0n) is 8.52. The van der Waals surface area contributed by atoms with Gasteiger partial charge in [0.2, 0.25) is 0 Å². The van der Waals surface area contributed by atoms with Crippen molar-refractivity contribution in [1.29, 1.82) is 5.26 Å². The first-order valence-electron chi connectivity index (χ1n) is 5.18. The Morgan fingerprint density at radius 1 is 1.33 bits per heavy atom. The average Bonchev–Trinajstić information content (AvgIpc) is 2.80. The number of rotatable bonds is 2. The van der Waals surface area contributed by atoms with E-state index in [0.717, 1.165) is 25.0 Å². The minimum Gasteiger partial charge on any atom is -0.374 e. The lowest BCUT2D eigenvalue weighted by molar-refractivity contribution is 0.146. The molecule has 0 amide bonds. The number of nitriles is 1. The van der Waals surface area contributed by atoms with Crippen LogP contribution in [0.25, 0.3) is 6.08 Å². The third-order valence-corrected chi connectivity index (χ3v) is 2.51. The zero-order chi connectivity index (χ0) is 10.5. The lowest BCUT2D eigenvalue weighted by Crippen LogP contribution is -1.98. The van der Waals surface area contributed by atoms with Gasteiger partial charge < -0.3 is 4.74 Å². The van der Waals surface area contributed by atoms with Gasteiger partial charge in [0, 0.05) is 6.61 Å². The van der Waals surface area contributed by atoms with Crippen molar-refractivity contribution in [2.75, 3.05) is 6.61 Å². The second-order valence-corrected chi connectivity index (χ2v) is 3.64. The van der Waals surface area contributed by atoms with Crippen molar-refractivity contribution in [3.8, 4) is 6.07 Å². The van der Waals surface area contributed by atoms with Gasteiger partial charge in [0.1, 0.15) is 0 Å². The van der Waals surface area contributed by atoms with Crippen molar-refractivity contribution in [2.24, 2.45) is 0 Å². The van der Waals surface area contributed by atoms with Crippen LogP contribution in [0.4, 0.5) is 0 Å². The molecule has 0 radical (unpaired) electrons. The number of benzene rings is 1. The molecule has 1 aromatic carbocycles. The first-order chi connectivity index (χ1) is 7.38. The van der Waals surface area contributed by atoms with Crippen LogP contribution in [0.15, 0.2) is 30.3 Å². The van der Waals surface area contributed by atoms with E-state index in [1.54, 1.807) is 0 Å². The Morgan fingerprint density at radius 3 is 2.73 bits per heavy atom. The highest BCUT2D eigenvalue weighted by Crippen LogP contribution is 2.14. The van der Waals surface area contributed by atoms with Crippen LogP contribution in [0.1, 0.15) is 24.0 Å². The predicted octanol–water partition coefficient (Wildman–Crippen LogP) is 2.75. The third-order valence-electron chi connectivity index (χ3n) is 2.51. The van der Waals surface area contributed by atoms with Crippen LogP contribution in [-0.2, 0) is 4.74 Å². The van der Waals surface area contributed by atoms with E-state index in [9.17, 15) is 0 Å². The molecule has 1 unspecified atom stereocenters. The van der Waals surface area contributed by atoms with Crippen molar-refractivity contribution in [3.05, 3.63) is 41.5 Å². The van der Waals surface area contributed by atoms with Crippen LogP contribution in [0.3, 0.4) is 0 Å². The minimum absolute atomic E-state index is 0.278. The molecule has 1 aromatic rings. The molecule has 15 heavy (non-hydrogen) atoms. The van der Waals surface area contributed by atoms with E-state index in [1.807, 2.05) is 24.3 Å². The lowest BCUT2D eigenvalue weighted by Gasteiger charge is -2.01. The van der Waals surface area contributed by atoms with Crippen LogP contribution in [0.5, 0.6) is 0 Å². The summed E-state index contributed by atoms with van der Waals surface area (Å²) in [6.45, 7) is 0.877. The van der Waals surface area contributed by atoms with Crippen molar-refractivity contribution < 1.29 is 4.74 Å². The summed E-state index contributed by atoms with van der Waals surface area (Å²) in [4.78, 5) is 0. The Morgan fingerprint density at radius 2 is 2.13 bits per heavy atom. The molecule has 0 spiro atoms. The summed E-state index contributed by atoms with van der Waals surface area (Å²) in [5, 5.41) is 8.64. The van der Waals surface area contributed by atoms with Gasteiger partial charge in [-0.2, -0.15) is 5.26 Å². The molecule has 1 aliphatic heterocycles. The number of nitrogens with zero attached hydrogens (tertiary/aromatic N) is 1. The fourth-order valence-corrected chi connectivity index (χ4v) is 1.64. The van der Waals surface area contributed by atoms with Gasteiger partial charge in [-0.1, -0.05) is 24.3 Å². The number of hydrogen-bond acceptors (Lipinski definition) is 2. The first-order valence-corrected chi connectivity index (χ1v) is 5.18. The Balaban J connectivity index is 2.01. The monoisotopic (exact) mass is 199 g/mol. The molecule has 1 aliphatic rings. The molecule has 2 rings (SSSR count). The molecule has 0 aromatic heterocycles. The summed E-state index contributed by atoms with van der Waals surface area (Å²) < 4.78 is 5.48. The molecule has 0 N–H and O–H groups in total. The second kappa shape index (κ2) is 4.77. The first kappa shape index (κ1) is 9.95. The standard InChI is InChI=1S/C13H13NO/c14-10-12-5-3-11(4-6-12)7-8-13-2-1-9-15-13/h3-8,13H,1-2,9H2/b8-7+.